The van der Waals surface area contributed by atoms with Gasteiger partial charge in [-0.3, -0.25) is 10.1 Å². The zero-order chi connectivity index (χ0) is 13.0. The molecule has 1 aromatic heterocycles. The fourth-order valence-electron chi connectivity index (χ4n) is 2.20. The number of aromatic nitrogens is 1. The van der Waals surface area contributed by atoms with Gasteiger partial charge in [0, 0.05) is 13.1 Å². The van der Waals surface area contributed by atoms with Crippen molar-refractivity contribution in [3.8, 4) is 0 Å². The van der Waals surface area contributed by atoms with Crippen LogP contribution in [-0.2, 0) is 11.3 Å². The Morgan fingerprint density at radius 3 is 2.83 bits per heavy atom. The predicted octanol–water partition coefficient (Wildman–Crippen LogP) is 1.47. The van der Waals surface area contributed by atoms with E-state index in [-0.39, 0.29) is 11.9 Å². The van der Waals surface area contributed by atoms with Gasteiger partial charge in [-0.25, -0.2) is 4.98 Å². The Kier molecular flexibility index (Phi) is 4.36. The zero-order valence-corrected chi connectivity index (χ0v) is 11.1. The van der Waals surface area contributed by atoms with Gasteiger partial charge in [0.2, 0.25) is 11.8 Å². The van der Waals surface area contributed by atoms with Gasteiger partial charge in [-0.05, 0) is 33.1 Å². The smallest absolute Gasteiger partial charge is 0.239 e. The quantitative estimate of drug-likeness (QED) is 0.880. The molecule has 1 atom stereocenters. The minimum absolute atomic E-state index is 0.179. The second-order valence-corrected chi connectivity index (χ2v) is 4.85. The molecule has 2 heterocycles. The third kappa shape index (κ3) is 3.32. The maximum Gasteiger partial charge on any atom is 0.239 e. The maximum atomic E-state index is 12.1. The van der Waals surface area contributed by atoms with Gasteiger partial charge in [0.05, 0.1) is 18.8 Å². The molecule has 0 radical (unpaired) electrons. The number of hydrogen-bond donors (Lipinski definition) is 1. The summed E-state index contributed by atoms with van der Waals surface area (Å²) in [6, 6.07) is -0.185. The number of carbonyl (C=O) groups excluding carboxylic acids is 1. The second kappa shape index (κ2) is 6.00. The van der Waals surface area contributed by atoms with Gasteiger partial charge in [-0.2, -0.15) is 0 Å². The first-order valence-electron chi connectivity index (χ1n) is 6.60. The summed E-state index contributed by atoms with van der Waals surface area (Å²) in [7, 11) is 0. The number of carbonyl (C=O) groups is 1. The van der Waals surface area contributed by atoms with Crippen molar-refractivity contribution < 1.29 is 9.21 Å². The number of piperidine rings is 1. The minimum Gasteiger partial charge on any atom is -0.445 e. The Labute approximate surface area is 108 Å². The molecule has 5 heteroatoms. The Bertz CT molecular complexity index is 397. The summed E-state index contributed by atoms with van der Waals surface area (Å²) in [5, 5.41) is 3.16. The zero-order valence-electron chi connectivity index (χ0n) is 11.1. The van der Waals surface area contributed by atoms with Gasteiger partial charge in [0.1, 0.15) is 5.76 Å². The topological polar surface area (TPSA) is 58.4 Å². The van der Waals surface area contributed by atoms with Crippen LogP contribution in [0.25, 0.3) is 0 Å². The molecule has 100 valence electrons. The monoisotopic (exact) mass is 251 g/mol. The lowest BCUT2D eigenvalue weighted by molar-refractivity contribution is -0.134. The molecular weight excluding hydrogens is 230 g/mol. The van der Waals surface area contributed by atoms with Crippen molar-refractivity contribution >= 4 is 5.91 Å². The normalized spacial score (nSPS) is 17.8. The van der Waals surface area contributed by atoms with Crippen molar-refractivity contribution in [2.24, 2.45) is 0 Å². The van der Waals surface area contributed by atoms with Crippen LogP contribution < -0.4 is 5.32 Å². The summed E-state index contributed by atoms with van der Waals surface area (Å²) in [5.41, 5.74) is 0. The first-order valence-corrected chi connectivity index (χ1v) is 6.60. The summed E-state index contributed by atoms with van der Waals surface area (Å²) in [5.74, 6) is 1.60. The highest BCUT2D eigenvalue weighted by atomic mass is 16.4. The van der Waals surface area contributed by atoms with Gasteiger partial charge in [-0.1, -0.05) is 0 Å². The second-order valence-electron chi connectivity index (χ2n) is 4.85. The average Bonchev–Trinajstić information content (AvgIpc) is 2.82. The number of nitrogens with zero attached hydrogens (tertiary/aromatic N) is 2. The van der Waals surface area contributed by atoms with E-state index in [1.54, 1.807) is 6.20 Å². The molecule has 0 saturated carbocycles. The lowest BCUT2D eigenvalue weighted by Gasteiger charge is -2.29. The number of aryl methyl sites for hydroxylation is 1. The van der Waals surface area contributed by atoms with Crippen molar-refractivity contribution in [2.75, 3.05) is 13.1 Å². The Balaban J connectivity index is 1.79. The van der Waals surface area contributed by atoms with Crippen molar-refractivity contribution in [1.82, 2.24) is 15.2 Å². The van der Waals surface area contributed by atoms with E-state index in [0.717, 1.165) is 31.7 Å². The highest BCUT2D eigenvalue weighted by molar-refractivity contribution is 5.81. The largest absolute Gasteiger partial charge is 0.445 e. The number of likely N-dealkylation sites (tertiary alicyclic amines) is 1. The van der Waals surface area contributed by atoms with Crippen LogP contribution in [0.5, 0.6) is 0 Å². The molecule has 1 unspecified atom stereocenters. The molecule has 1 amide bonds. The molecule has 0 bridgehead atoms. The Morgan fingerprint density at radius 1 is 1.50 bits per heavy atom. The van der Waals surface area contributed by atoms with Gasteiger partial charge in [0.25, 0.3) is 0 Å². The molecule has 2 rings (SSSR count). The minimum atomic E-state index is -0.185. The van der Waals surface area contributed by atoms with E-state index in [1.165, 1.54) is 6.42 Å². The number of oxazole rings is 1. The van der Waals surface area contributed by atoms with Crippen molar-refractivity contribution in [2.45, 2.75) is 45.7 Å². The molecule has 5 nitrogen and oxygen atoms in total. The van der Waals surface area contributed by atoms with Gasteiger partial charge in [0.15, 0.2) is 0 Å². The number of amides is 1. The van der Waals surface area contributed by atoms with Crippen LogP contribution in [0.1, 0.15) is 37.8 Å². The molecule has 1 aromatic rings. The van der Waals surface area contributed by atoms with Gasteiger partial charge < -0.3 is 9.32 Å². The van der Waals surface area contributed by atoms with E-state index in [2.05, 4.69) is 10.3 Å². The molecule has 1 N–H and O–H groups in total. The molecule has 0 spiro atoms. The van der Waals surface area contributed by atoms with Crippen LogP contribution in [0.15, 0.2) is 10.6 Å². The molecule has 1 saturated heterocycles. The van der Waals surface area contributed by atoms with E-state index in [9.17, 15) is 4.79 Å². The van der Waals surface area contributed by atoms with E-state index in [4.69, 9.17) is 4.42 Å². The highest BCUT2D eigenvalue weighted by Gasteiger charge is 2.21. The standard InChI is InChI=1S/C13H21N3O2/c1-10-8-15-12(18-10)9-14-11(2)13(17)16-6-4-3-5-7-16/h8,11,14H,3-7,9H2,1-2H3. The number of hydrogen-bond acceptors (Lipinski definition) is 4. The lowest BCUT2D eigenvalue weighted by Crippen LogP contribution is -2.46. The Morgan fingerprint density at radius 2 is 2.22 bits per heavy atom. The van der Waals surface area contributed by atoms with Crippen LogP contribution in [0.3, 0.4) is 0 Å². The Hall–Kier alpha value is -1.36. The van der Waals surface area contributed by atoms with Crippen LogP contribution in [-0.4, -0.2) is 34.9 Å². The summed E-state index contributed by atoms with van der Waals surface area (Å²) < 4.78 is 5.36. The molecule has 1 aliphatic rings. The first kappa shape index (κ1) is 13.1. The van der Waals surface area contributed by atoms with E-state index in [1.807, 2.05) is 18.7 Å². The van der Waals surface area contributed by atoms with Crippen LogP contribution in [0.4, 0.5) is 0 Å². The van der Waals surface area contributed by atoms with Crippen molar-refractivity contribution in [3.63, 3.8) is 0 Å². The van der Waals surface area contributed by atoms with Gasteiger partial charge >= 0.3 is 0 Å². The molecule has 1 fully saturated rings. The van der Waals surface area contributed by atoms with E-state index in [0.29, 0.717) is 12.4 Å². The van der Waals surface area contributed by atoms with E-state index >= 15 is 0 Å². The lowest BCUT2D eigenvalue weighted by atomic mass is 10.1. The van der Waals surface area contributed by atoms with Gasteiger partial charge in [-0.15, -0.1) is 0 Å². The van der Waals surface area contributed by atoms with Crippen molar-refractivity contribution in [1.29, 1.82) is 0 Å². The molecular formula is C13H21N3O2. The third-order valence-electron chi connectivity index (χ3n) is 3.27. The summed E-state index contributed by atoms with van der Waals surface area (Å²) in [6.45, 7) is 6.03. The predicted molar refractivity (Wildman–Crippen MR) is 68.0 cm³/mol. The number of nitrogens with one attached hydrogen (secondary N) is 1. The molecule has 0 aromatic carbocycles. The fourth-order valence-corrected chi connectivity index (χ4v) is 2.20. The first-order chi connectivity index (χ1) is 8.66. The molecule has 18 heavy (non-hydrogen) atoms. The summed E-state index contributed by atoms with van der Waals surface area (Å²) >= 11 is 0. The maximum absolute atomic E-state index is 12.1. The SMILES string of the molecule is Cc1cnc(CNC(C)C(=O)N2CCCCC2)o1. The van der Waals surface area contributed by atoms with Crippen LogP contribution >= 0.6 is 0 Å². The van der Waals surface area contributed by atoms with Crippen LogP contribution in [0.2, 0.25) is 0 Å². The fraction of sp³-hybridized carbons (Fsp3) is 0.692. The summed E-state index contributed by atoms with van der Waals surface area (Å²) in [6.07, 6.45) is 5.17. The number of rotatable bonds is 4. The third-order valence-corrected chi connectivity index (χ3v) is 3.27. The summed E-state index contributed by atoms with van der Waals surface area (Å²) in [4.78, 5) is 18.2. The molecule has 1 aliphatic heterocycles. The molecule has 0 aliphatic carbocycles. The van der Waals surface area contributed by atoms with E-state index < -0.39 is 0 Å². The van der Waals surface area contributed by atoms with Crippen molar-refractivity contribution in [3.05, 3.63) is 17.8 Å². The average molecular weight is 251 g/mol. The van der Waals surface area contributed by atoms with Crippen LogP contribution in [0, 0.1) is 6.92 Å². The highest BCUT2D eigenvalue weighted by Crippen LogP contribution is 2.10.